The molecule has 4 aromatic rings. The minimum Gasteiger partial charge on any atom is -0.454 e. The largest absolute Gasteiger partial charge is 0.454 e. The normalized spacial score (nSPS) is 12.9. The van der Waals surface area contributed by atoms with Crippen LogP contribution in [0.2, 0.25) is 0 Å². The van der Waals surface area contributed by atoms with Crippen LogP contribution < -0.4 is 9.47 Å². The van der Waals surface area contributed by atoms with Crippen LogP contribution in [0.4, 0.5) is 0 Å². The van der Waals surface area contributed by atoms with Crippen LogP contribution in [-0.4, -0.2) is 27.1 Å². The molecular formula is C22H16N2O4S. The first-order valence-corrected chi connectivity index (χ1v) is 9.89. The molecule has 2 aromatic heterocycles. The highest BCUT2D eigenvalue weighted by Gasteiger charge is 2.16. The third-order valence-corrected chi connectivity index (χ3v) is 5.52. The Hall–Kier alpha value is -3.42. The van der Waals surface area contributed by atoms with E-state index in [1.54, 1.807) is 30.4 Å². The molecule has 1 aliphatic heterocycles. The summed E-state index contributed by atoms with van der Waals surface area (Å²) in [7, 11) is 0. The minimum absolute atomic E-state index is 0.00461. The first kappa shape index (κ1) is 17.7. The van der Waals surface area contributed by atoms with E-state index in [0.29, 0.717) is 17.1 Å². The number of hydrogen-bond acceptors (Lipinski definition) is 6. The van der Waals surface area contributed by atoms with Crippen molar-refractivity contribution in [2.45, 2.75) is 6.61 Å². The highest BCUT2D eigenvalue weighted by atomic mass is 32.1. The van der Waals surface area contributed by atoms with Crippen LogP contribution in [0.1, 0.15) is 21.6 Å². The average molecular weight is 404 g/mol. The predicted molar refractivity (Wildman–Crippen MR) is 110 cm³/mol. The predicted octanol–water partition coefficient (Wildman–Crippen LogP) is 4.18. The lowest BCUT2D eigenvalue weighted by Crippen LogP contribution is -1.95. The van der Waals surface area contributed by atoms with E-state index in [0.717, 1.165) is 27.5 Å². The summed E-state index contributed by atoms with van der Waals surface area (Å²) in [6, 6.07) is 12.8. The van der Waals surface area contributed by atoms with Crippen LogP contribution in [0.25, 0.3) is 22.3 Å². The smallest absolute Gasteiger partial charge is 0.231 e. The molecule has 1 aliphatic rings. The van der Waals surface area contributed by atoms with Gasteiger partial charge in [0.15, 0.2) is 22.2 Å². The number of aromatic nitrogens is 2. The zero-order chi connectivity index (χ0) is 19.8. The summed E-state index contributed by atoms with van der Waals surface area (Å²) in [4.78, 5) is 18.3. The quantitative estimate of drug-likeness (QED) is 0.399. The van der Waals surface area contributed by atoms with Gasteiger partial charge in [-0.05, 0) is 35.9 Å². The van der Waals surface area contributed by atoms with Crippen molar-refractivity contribution in [3.8, 4) is 22.8 Å². The van der Waals surface area contributed by atoms with E-state index in [9.17, 15) is 9.90 Å². The standard InChI is InChI=1S/C22H16N2O4S/c25-12-14-1-3-15(4-2-14)21-17(24-9-10-29-22(24)23-21)6-7-18(26)16-5-8-19-20(11-16)28-13-27-19/h1-11,25H,12-13H2/b7-6+. The highest BCUT2D eigenvalue weighted by Crippen LogP contribution is 2.33. The maximum Gasteiger partial charge on any atom is 0.231 e. The van der Waals surface area contributed by atoms with Gasteiger partial charge in [-0.3, -0.25) is 9.20 Å². The van der Waals surface area contributed by atoms with Gasteiger partial charge in [0.1, 0.15) is 0 Å². The molecule has 0 spiro atoms. The van der Waals surface area contributed by atoms with Crippen LogP contribution in [0.3, 0.4) is 0 Å². The van der Waals surface area contributed by atoms with Crippen LogP contribution in [-0.2, 0) is 6.61 Å². The fraction of sp³-hybridized carbons (Fsp3) is 0.0909. The van der Waals surface area contributed by atoms with Gasteiger partial charge in [0, 0.05) is 22.7 Å². The Kier molecular flexibility index (Phi) is 4.38. The van der Waals surface area contributed by atoms with Gasteiger partial charge < -0.3 is 14.6 Å². The summed E-state index contributed by atoms with van der Waals surface area (Å²) in [5.74, 6) is 1.10. The molecule has 2 aromatic carbocycles. The van der Waals surface area contributed by atoms with Crippen LogP contribution >= 0.6 is 11.3 Å². The van der Waals surface area contributed by atoms with Gasteiger partial charge in [0.2, 0.25) is 6.79 Å². The summed E-state index contributed by atoms with van der Waals surface area (Å²) >= 11 is 1.53. The molecular weight excluding hydrogens is 388 g/mol. The topological polar surface area (TPSA) is 73.1 Å². The lowest BCUT2D eigenvalue weighted by Gasteiger charge is -2.02. The Morgan fingerprint density at radius 2 is 2.00 bits per heavy atom. The molecule has 7 heteroatoms. The van der Waals surface area contributed by atoms with Crippen molar-refractivity contribution in [1.29, 1.82) is 0 Å². The molecule has 0 bridgehead atoms. The number of ether oxygens (including phenoxy) is 2. The summed E-state index contributed by atoms with van der Waals surface area (Å²) in [6.07, 6.45) is 5.27. The molecule has 0 amide bonds. The molecule has 0 saturated heterocycles. The Labute approximate surface area is 170 Å². The molecule has 1 N–H and O–H groups in total. The Balaban J connectivity index is 1.50. The van der Waals surface area contributed by atoms with Gasteiger partial charge in [-0.1, -0.05) is 24.3 Å². The molecule has 0 aliphatic carbocycles. The van der Waals surface area contributed by atoms with Gasteiger partial charge >= 0.3 is 0 Å². The fourth-order valence-electron chi connectivity index (χ4n) is 3.24. The number of ketones is 1. The molecule has 6 nitrogen and oxygen atoms in total. The second-order valence-electron chi connectivity index (χ2n) is 6.52. The maximum atomic E-state index is 12.7. The van der Waals surface area contributed by atoms with Crippen molar-refractivity contribution < 1.29 is 19.4 Å². The third-order valence-electron chi connectivity index (χ3n) is 4.76. The number of aliphatic hydroxyl groups excluding tert-OH is 1. The second kappa shape index (κ2) is 7.20. The van der Waals surface area contributed by atoms with Crippen molar-refractivity contribution >= 4 is 28.2 Å². The molecule has 0 fully saturated rings. The summed E-state index contributed by atoms with van der Waals surface area (Å²) < 4.78 is 12.6. The SMILES string of the molecule is O=C(/C=C/c1c(-c2ccc(CO)cc2)nc2sccn12)c1ccc2c(c1)OCO2. The first-order valence-electron chi connectivity index (χ1n) is 9.01. The summed E-state index contributed by atoms with van der Waals surface area (Å²) in [5.41, 5.74) is 3.91. The molecule has 0 atom stereocenters. The molecule has 3 heterocycles. The lowest BCUT2D eigenvalue weighted by molar-refractivity contribution is 0.104. The van der Waals surface area contributed by atoms with Gasteiger partial charge in [-0.2, -0.15) is 0 Å². The number of benzene rings is 2. The number of rotatable bonds is 5. The molecule has 29 heavy (non-hydrogen) atoms. The second-order valence-corrected chi connectivity index (χ2v) is 7.39. The number of hydrogen-bond donors (Lipinski definition) is 1. The number of carbonyl (C=O) groups excluding carboxylic acids is 1. The van der Waals surface area contributed by atoms with Crippen LogP contribution in [0, 0.1) is 0 Å². The molecule has 5 rings (SSSR count). The molecule has 0 unspecified atom stereocenters. The van der Waals surface area contributed by atoms with E-state index >= 15 is 0 Å². The fourth-order valence-corrected chi connectivity index (χ4v) is 3.96. The number of allylic oxidation sites excluding steroid dienone is 1. The van der Waals surface area contributed by atoms with Crippen molar-refractivity contribution in [2.24, 2.45) is 0 Å². The zero-order valence-corrected chi connectivity index (χ0v) is 16.1. The van der Waals surface area contributed by atoms with Gasteiger partial charge in [-0.25, -0.2) is 4.98 Å². The first-order chi connectivity index (χ1) is 14.2. The van der Waals surface area contributed by atoms with Crippen LogP contribution in [0.5, 0.6) is 11.5 Å². The average Bonchev–Trinajstić information content (AvgIpc) is 3.47. The lowest BCUT2D eigenvalue weighted by atomic mass is 10.1. The maximum absolute atomic E-state index is 12.7. The van der Waals surface area contributed by atoms with E-state index in [2.05, 4.69) is 0 Å². The van der Waals surface area contributed by atoms with Gasteiger partial charge in [0.05, 0.1) is 18.0 Å². The van der Waals surface area contributed by atoms with Crippen LogP contribution in [0.15, 0.2) is 60.1 Å². The van der Waals surface area contributed by atoms with Crippen molar-refractivity contribution in [1.82, 2.24) is 9.38 Å². The summed E-state index contributed by atoms with van der Waals surface area (Å²) in [5, 5.41) is 11.2. The third kappa shape index (κ3) is 3.20. The number of fused-ring (bicyclic) bond motifs is 2. The van der Waals surface area contributed by atoms with Gasteiger partial charge in [-0.15, -0.1) is 11.3 Å². The number of carbonyl (C=O) groups is 1. The van der Waals surface area contributed by atoms with Crippen molar-refractivity contribution in [3.05, 3.63) is 76.9 Å². The van der Waals surface area contributed by atoms with E-state index < -0.39 is 0 Å². The van der Waals surface area contributed by atoms with Crippen molar-refractivity contribution in [3.63, 3.8) is 0 Å². The molecule has 0 radical (unpaired) electrons. The monoisotopic (exact) mass is 404 g/mol. The Bertz CT molecular complexity index is 1240. The number of nitrogens with zero attached hydrogens (tertiary/aromatic N) is 2. The molecule has 0 saturated carbocycles. The van der Waals surface area contributed by atoms with E-state index in [-0.39, 0.29) is 19.2 Å². The minimum atomic E-state index is -0.130. The van der Waals surface area contributed by atoms with Gasteiger partial charge in [0.25, 0.3) is 0 Å². The number of imidazole rings is 1. The van der Waals surface area contributed by atoms with E-state index in [4.69, 9.17) is 14.5 Å². The number of thiazole rings is 1. The highest BCUT2D eigenvalue weighted by molar-refractivity contribution is 7.15. The zero-order valence-electron chi connectivity index (χ0n) is 15.2. The van der Waals surface area contributed by atoms with E-state index in [1.807, 2.05) is 40.2 Å². The van der Waals surface area contributed by atoms with Crippen molar-refractivity contribution in [2.75, 3.05) is 6.79 Å². The molecule has 144 valence electrons. The van der Waals surface area contributed by atoms with E-state index in [1.165, 1.54) is 11.3 Å². The summed E-state index contributed by atoms with van der Waals surface area (Å²) in [6.45, 7) is 0.169. The Morgan fingerprint density at radius 3 is 2.83 bits per heavy atom. The Morgan fingerprint density at radius 1 is 1.17 bits per heavy atom. The number of aliphatic hydroxyl groups is 1.